The van der Waals surface area contributed by atoms with Crippen LogP contribution in [0.4, 0.5) is 0 Å². The normalized spacial score (nSPS) is 22.6. The molecule has 282 valence electrons. The summed E-state index contributed by atoms with van der Waals surface area (Å²) in [5, 5.41) is 23.6. The number of nitrogens with zero attached hydrogens (tertiary/aromatic N) is 1. The molecule has 0 bridgehead atoms. The Labute approximate surface area is 306 Å². The van der Waals surface area contributed by atoms with Crippen LogP contribution in [0.3, 0.4) is 0 Å². The smallest absolute Gasteiger partial charge is 0.246 e. The lowest BCUT2D eigenvalue weighted by molar-refractivity contribution is -0.0312. The summed E-state index contributed by atoms with van der Waals surface area (Å²) in [6.45, 7) is 3.01. The predicted molar refractivity (Wildman–Crippen MR) is 195 cm³/mol. The second kappa shape index (κ2) is 14.3. The van der Waals surface area contributed by atoms with Crippen LogP contribution in [0.25, 0.3) is 11.1 Å². The maximum Gasteiger partial charge on any atom is 0.246 e. The van der Waals surface area contributed by atoms with E-state index in [-0.39, 0.29) is 34.5 Å². The van der Waals surface area contributed by atoms with Gasteiger partial charge in [-0.15, -0.1) is 0 Å². The number of rotatable bonds is 15. The van der Waals surface area contributed by atoms with Crippen LogP contribution in [0, 0.1) is 0 Å². The van der Waals surface area contributed by atoms with Crippen LogP contribution >= 0.6 is 0 Å². The molecule has 2 aliphatic heterocycles. The molecule has 5 N–H and O–H groups in total. The summed E-state index contributed by atoms with van der Waals surface area (Å²) in [4.78, 5) is 0.248. The first kappa shape index (κ1) is 37.2. The number of sulfone groups is 1. The molecule has 12 nitrogen and oxygen atoms in total. The van der Waals surface area contributed by atoms with Gasteiger partial charge < -0.3 is 35.5 Å². The standard InChI is InChI=1S/C38H49N3O9S2/c1-2-48-34-11-8-28(27-6-9-29(10-7-27)38(39)14-15-38)20-35(34)52(46,47)41-18-16-36(17-19-41)22-30(24-50-36)40-23-31(43)25-49-32-4-3-5-33(21-32)51(44,45)37(26-42)12-13-37/h3-11,20-21,30-31,40,42-43H,2,12-19,22-26,39H2,1H3/t30-,31?/m1/s1. The van der Waals surface area contributed by atoms with Crippen LogP contribution in [0.15, 0.2) is 76.5 Å². The molecule has 4 aliphatic rings. The number of nitrogens with two attached hydrogens (primary N) is 1. The zero-order valence-electron chi connectivity index (χ0n) is 29.5. The molecule has 1 spiro atoms. The van der Waals surface area contributed by atoms with Gasteiger partial charge in [-0.2, -0.15) is 4.31 Å². The van der Waals surface area contributed by atoms with Crippen LogP contribution < -0.4 is 20.5 Å². The van der Waals surface area contributed by atoms with Crippen molar-refractivity contribution in [2.45, 2.75) is 89.7 Å². The van der Waals surface area contributed by atoms with Crippen molar-refractivity contribution in [1.82, 2.24) is 9.62 Å². The second-order valence-electron chi connectivity index (χ2n) is 14.8. The average Bonchev–Trinajstić information content (AvgIpc) is 4.08. The highest BCUT2D eigenvalue weighted by atomic mass is 32.2. The van der Waals surface area contributed by atoms with Gasteiger partial charge in [0.05, 0.1) is 35.1 Å². The van der Waals surface area contributed by atoms with Crippen LogP contribution in [-0.4, -0.2) is 99.9 Å². The van der Waals surface area contributed by atoms with E-state index in [0.29, 0.717) is 69.9 Å². The Morgan fingerprint density at radius 1 is 0.942 bits per heavy atom. The average molecular weight is 756 g/mol. The van der Waals surface area contributed by atoms with E-state index < -0.39 is 42.9 Å². The third kappa shape index (κ3) is 7.36. The molecule has 2 saturated carbocycles. The first-order chi connectivity index (χ1) is 24.8. The minimum absolute atomic E-state index is 0.0267. The SMILES string of the molecule is CCOc1ccc(-c2ccc(C3(N)CC3)cc2)cc1S(=O)(=O)N1CCC2(CC1)C[C@@H](NCC(O)COc1cccc(S(=O)(=O)C3(CO)CC3)c1)CO2. The van der Waals surface area contributed by atoms with Gasteiger partial charge in [0.25, 0.3) is 0 Å². The molecule has 14 heteroatoms. The minimum Gasteiger partial charge on any atom is -0.492 e. The van der Waals surface area contributed by atoms with Crippen molar-refractivity contribution in [2.24, 2.45) is 5.73 Å². The number of hydrogen-bond donors (Lipinski definition) is 4. The van der Waals surface area contributed by atoms with Crippen LogP contribution in [-0.2, 0) is 30.1 Å². The summed E-state index contributed by atoms with van der Waals surface area (Å²) in [6.07, 6.45) is 3.71. The molecule has 0 amide bonds. The Balaban J connectivity index is 0.921. The summed E-state index contributed by atoms with van der Waals surface area (Å²) in [5.41, 5.74) is 8.45. The second-order valence-corrected chi connectivity index (χ2v) is 19.1. The van der Waals surface area contributed by atoms with E-state index in [0.717, 1.165) is 29.5 Å². The Kier molecular flexibility index (Phi) is 10.2. The number of ether oxygens (including phenoxy) is 3. The summed E-state index contributed by atoms with van der Waals surface area (Å²) in [7, 11) is -7.55. The van der Waals surface area contributed by atoms with Crippen molar-refractivity contribution in [1.29, 1.82) is 0 Å². The molecule has 3 aromatic rings. The van der Waals surface area contributed by atoms with Gasteiger partial charge in [0, 0.05) is 31.2 Å². The number of sulfonamides is 1. The zero-order chi connectivity index (χ0) is 36.8. The van der Waals surface area contributed by atoms with Crippen LogP contribution in [0.2, 0.25) is 0 Å². The molecule has 0 radical (unpaired) electrons. The minimum atomic E-state index is -3.87. The highest BCUT2D eigenvalue weighted by Gasteiger charge is 2.54. The lowest BCUT2D eigenvalue weighted by Crippen LogP contribution is -2.47. The lowest BCUT2D eigenvalue weighted by Gasteiger charge is -2.38. The van der Waals surface area contributed by atoms with Crippen molar-refractivity contribution in [3.8, 4) is 22.6 Å². The third-order valence-electron chi connectivity index (χ3n) is 11.2. The molecule has 0 aromatic heterocycles. The Hall–Kier alpha value is -3.08. The fraction of sp³-hybridized carbons (Fsp3) is 0.526. The molecule has 2 aliphatic carbocycles. The van der Waals surface area contributed by atoms with E-state index >= 15 is 0 Å². The monoisotopic (exact) mass is 755 g/mol. The highest BCUT2D eigenvalue weighted by Crippen LogP contribution is 2.47. The Morgan fingerprint density at radius 3 is 2.31 bits per heavy atom. The molecule has 1 unspecified atom stereocenters. The van der Waals surface area contributed by atoms with E-state index in [9.17, 15) is 27.0 Å². The molecule has 3 aromatic carbocycles. The molecule has 2 saturated heterocycles. The molecule has 7 rings (SSSR count). The number of hydrogen-bond acceptors (Lipinski definition) is 11. The number of nitrogens with one attached hydrogen (secondary N) is 1. The van der Waals surface area contributed by atoms with Crippen LogP contribution in [0.1, 0.15) is 57.4 Å². The van der Waals surface area contributed by atoms with E-state index in [4.69, 9.17) is 19.9 Å². The highest BCUT2D eigenvalue weighted by molar-refractivity contribution is 7.93. The maximum absolute atomic E-state index is 14.1. The van der Waals surface area contributed by atoms with E-state index in [2.05, 4.69) is 5.32 Å². The van der Waals surface area contributed by atoms with Gasteiger partial charge in [0.15, 0.2) is 9.84 Å². The van der Waals surface area contributed by atoms with Crippen molar-refractivity contribution in [3.63, 3.8) is 0 Å². The quantitative estimate of drug-likeness (QED) is 0.179. The van der Waals surface area contributed by atoms with Crippen molar-refractivity contribution in [3.05, 3.63) is 72.3 Å². The van der Waals surface area contributed by atoms with Gasteiger partial charge >= 0.3 is 0 Å². The molecule has 4 fully saturated rings. The molecular formula is C38H49N3O9S2. The number of piperidine rings is 1. The lowest BCUT2D eigenvalue weighted by atomic mass is 9.88. The van der Waals surface area contributed by atoms with Crippen molar-refractivity contribution >= 4 is 19.9 Å². The van der Waals surface area contributed by atoms with Gasteiger partial charge in [0.1, 0.15) is 29.1 Å². The molecule has 52 heavy (non-hydrogen) atoms. The van der Waals surface area contributed by atoms with Gasteiger partial charge in [0.2, 0.25) is 10.0 Å². The number of aliphatic hydroxyl groups excluding tert-OH is 2. The molecular weight excluding hydrogens is 707 g/mol. The summed E-state index contributed by atoms with van der Waals surface area (Å²) < 4.78 is 72.3. The first-order valence-corrected chi connectivity index (χ1v) is 21.1. The number of aliphatic hydroxyl groups is 2. The third-order valence-corrected chi connectivity index (χ3v) is 15.6. The van der Waals surface area contributed by atoms with E-state index in [1.165, 1.54) is 16.4 Å². The molecule has 2 atom stereocenters. The number of benzene rings is 3. The van der Waals surface area contributed by atoms with Gasteiger partial charge in [-0.1, -0.05) is 36.4 Å². The van der Waals surface area contributed by atoms with E-state index in [1.807, 2.05) is 37.3 Å². The molecule has 2 heterocycles. The van der Waals surface area contributed by atoms with Gasteiger partial charge in [-0.05, 0) is 98.9 Å². The van der Waals surface area contributed by atoms with Crippen molar-refractivity contribution in [2.75, 3.05) is 46.1 Å². The van der Waals surface area contributed by atoms with E-state index in [1.54, 1.807) is 24.3 Å². The summed E-state index contributed by atoms with van der Waals surface area (Å²) in [6, 6.07) is 19.5. The van der Waals surface area contributed by atoms with Crippen molar-refractivity contribution < 1.29 is 41.3 Å². The summed E-state index contributed by atoms with van der Waals surface area (Å²) >= 11 is 0. The van der Waals surface area contributed by atoms with Crippen LogP contribution in [0.5, 0.6) is 11.5 Å². The maximum atomic E-state index is 14.1. The Morgan fingerprint density at radius 2 is 1.65 bits per heavy atom. The zero-order valence-corrected chi connectivity index (χ0v) is 31.1. The van der Waals surface area contributed by atoms with Gasteiger partial charge in [-0.3, -0.25) is 0 Å². The topological polar surface area (TPSA) is 178 Å². The largest absolute Gasteiger partial charge is 0.492 e. The fourth-order valence-corrected chi connectivity index (χ4v) is 10.8. The first-order valence-electron chi connectivity index (χ1n) is 18.1. The van der Waals surface area contributed by atoms with Gasteiger partial charge in [-0.25, -0.2) is 16.8 Å². The fourth-order valence-electron chi connectivity index (χ4n) is 7.37. The summed E-state index contributed by atoms with van der Waals surface area (Å²) in [5.74, 6) is 0.656. The predicted octanol–water partition coefficient (Wildman–Crippen LogP) is 3.34. The Bertz CT molecular complexity index is 1970.